The number of likely N-dealkylation sites (N-methyl/N-ethyl adjacent to an activating group) is 1. The molecule has 0 aliphatic carbocycles. The number of carboxylic acids is 1. The molecule has 0 radical (unpaired) electrons. The Kier molecular flexibility index (Phi) is 21.4. The Hall–Kier alpha value is -1.10. The van der Waals surface area contributed by atoms with Crippen molar-refractivity contribution in [2.45, 2.75) is 148 Å². The number of carboxylic acid groups (broad SMARTS) is 1. The number of nitrogens with zero attached hydrogens (tertiary/aromatic N) is 1. The standard InChI is InChI=1S/C30H59NO4/c1-6-7-8-16-19-22-27(2)23-20-17-14-12-10-9-11-13-15-18-21-24-30(34)35-28(25-29(32)33)26-31(3,4)5/h27-28H,6-26H2,1-5H3/p+1. The molecule has 0 aromatic heterocycles. The summed E-state index contributed by atoms with van der Waals surface area (Å²) in [6.45, 7) is 5.23. The van der Waals surface area contributed by atoms with E-state index < -0.39 is 12.1 Å². The number of esters is 1. The highest BCUT2D eigenvalue weighted by Gasteiger charge is 2.24. The van der Waals surface area contributed by atoms with Crippen LogP contribution in [-0.2, 0) is 14.3 Å². The Balaban J connectivity index is 3.53. The van der Waals surface area contributed by atoms with Crippen LogP contribution >= 0.6 is 0 Å². The molecule has 0 saturated carbocycles. The van der Waals surface area contributed by atoms with E-state index in [4.69, 9.17) is 9.84 Å². The summed E-state index contributed by atoms with van der Waals surface area (Å²) in [5.41, 5.74) is 0. The first kappa shape index (κ1) is 33.9. The van der Waals surface area contributed by atoms with Crippen LogP contribution in [0.2, 0.25) is 0 Å². The Morgan fingerprint density at radius 2 is 1.14 bits per heavy atom. The predicted octanol–water partition coefficient (Wildman–Crippen LogP) is 8.15. The molecule has 0 spiro atoms. The molecule has 0 aromatic carbocycles. The fraction of sp³-hybridized carbons (Fsp3) is 0.933. The molecule has 0 fully saturated rings. The summed E-state index contributed by atoms with van der Waals surface area (Å²) in [5, 5.41) is 9.05. The zero-order chi connectivity index (χ0) is 26.4. The molecule has 0 amide bonds. The quantitative estimate of drug-likeness (QED) is 0.0783. The third kappa shape index (κ3) is 25.8. The van der Waals surface area contributed by atoms with Crippen LogP contribution in [0, 0.1) is 5.92 Å². The minimum absolute atomic E-state index is 0.125. The molecule has 5 nitrogen and oxygen atoms in total. The highest BCUT2D eigenvalue weighted by molar-refractivity contribution is 5.71. The van der Waals surface area contributed by atoms with Crippen LogP contribution in [0.4, 0.5) is 0 Å². The molecule has 0 saturated heterocycles. The molecule has 0 rings (SSSR count). The van der Waals surface area contributed by atoms with Gasteiger partial charge in [-0.2, -0.15) is 0 Å². The molecule has 5 heteroatoms. The van der Waals surface area contributed by atoms with Gasteiger partial charge < -0.3 is 14.3 Å². The molecule has 35 heavy (non-hydrogen) atoms. The summed E-state index contributed by atoms with van der Waals surface area (Å²) in [5.74, 6) is -0.271. The fourth-order valence-electron chi connectivity index (χ4n) is 4.79. The van der Waals surface area contributed by atoms with Crippen molar-refractivity contribution in [3.63, 3.8) is 0 Å². The van der Waals surface area contributed by atoms with Crippen molar-refractivity contribution in [3.05, 3.63) is 0 Å². The van der Waals surface area contributed by atoms with Crippen molar-refractivity contribution in [2.24, 2.45) is 5.92 Å². The molecule has 208 valence electrons. The van der Waals surface area contributed by atoms with E-state index in [1.165, 1.54) is 103 Å². The van der Waals surface area contributed by atoms with Gasteiger partial charge in [-0.3, -0.25) is 9.59 Å². The van der Waals surface area contributed by atoms with E-state index in [-0.39, 0.29) is 12.4 Å². The van der Waals surface area contributed by atoms with Crippen molar-refractivity contribution in [1.82, 2.24) is 0 Å². The number of carbonyl (C=O) groups is 2. The third-order valence-electron chi connectivity index (χ3n) is 6.83. The van der Waals surface area contributed by atoms with Gasteiger partial charge in [-0.15, -0.1) is 0 Å². The lowest BCUT2D eigenvalue weighted by molar-refractivity contribution is -0.873. The number of hydrogen-bond donors (Lipinski definition) is 1. The number of quaternary nitrogens is 1. The highest BCUT2D eigenvalue weighted by Crippen LogP contribution is 2.19. The van der Waals surface area contributed by atoms with Crippen molar-refractivity contribution in [2.75, 3.05) is 27.7 Å². The summed E-state index contributed by atoms with van der Waals surface area (Å²) >= 11 is 0. The molecule has 0 heterocycles. The molecule has 0 aliphatic heterocycles. The average Bonchev–Trinajstić information content (AvgIpc) is 2.75. The summed E-state index contributed by atoms with van der Waals surface area (Å²) in [6.07, 6.45) is 23.4. The molecule has 0 bridgehead atoms. The van der Waals surface area contributed by atoms with E-state index in [0.717, 1.165) is 18.8 Å². The van der Waals surface area contributed by atoms with Crippen molar-refractivity contribution in [1.29, 1.82) is 0 Å². The summed E-state index contributed by atoms with van der Waals surface area (Å²) in [7, 11) is 5.92. The predicted molar refractivity (Wildman–Crippen MR) is 148 cm³/mol. The lowest BCUT2D eigenvalue weighted by Crippen LogP contribution is -2.43. The van der Waals surface area contributed by atoms with Gasteiger partial charge in [0, 0.05) is 6.42 Å². The third-order valence-corrected chi connectivity index (χ3v) is 6.83. The number of unbranched alkanes of at least 4 members (excludes halogenated alkanes) is 14. The van der Waals surface area contributed by atoms with Crippen molar-refractivity contribution in [3.8, 4) is 0 Å². The second kappa shape index (κ2) is 22.1. The van der Waals surface area contributed by atoms with Gasteiger partial charge in [0.15, 0.2) is 6.10 Å². The summed E-state index contributed by atoms with van der Waals surface area (Å²) < 4.78 is 6.02. The molecule has 0 aliphatic rings. The first-order valence-corrected chi connectivity index (χ1v) is 14.9. The van der Waals surface area contributed by atoms with Crippen molar-refractivity contribution >= 4 is 11.9 Å². The van der Waals surface area contributed by atoms with Gasteiger partial charge in [0.05, 0.1) is 27.6 Å². The second-order valence-corrected chi connectivity index (χ2v) is 11.9. The van der Waals surface area contributed by atoms with Crippen LogP contribution < -0.4 is 0 Å². The summed E-state index contributed by atoms with van der Waals surface area (Å²) in [6, 6.07) is 0. The molecule has 2 atom stereocenters. The molecular weight excluding hydrogens is 438 g/mol. The van der Waals surface area contributed by atoms with Gasteiger partial charge >= 0.3 is 11.9 Å². The van der Waals surface area contributed by atoms with E-state index in [2.05, 4.69) is 13.8 Å². The monoisotopic (exact) mass is 498 g/mol. The topological polar surface area (TPSA) is 63.6 Å². The van der Waals surface area contributed by atoms with Crippen LogP contribution in [0.25, 0.3) is 0 Å². The molecule has 1 N–H and O–H groups in total. The van der Waals surface area contributed by atoms with Crippen molar-refractivity contribution < 1.29 is 23.9 Å². The van der Waals surface area contributed by atoms with E-state index in [1.54, 1.807) is 0 Å². The molecule has 2 unspecified atom stereocenters. The van der Waals surface area contributed by atoms with E-state index in [9.17, 15) is 9.59 Å². The Morgan fingerprint density at radius 3 is 1.57 bits per heavy atom. The van der Waals surface area contributed by atoms with E-state index in [0.29, 0.717) is 17.4 Å². The average molecular weight is 499 g/mol. The maximum Gasteiger partial charge on any atom is 0.307 e. The van der Waals surface area contributed by atoms with Crippen LogP contribution in [0.3, 0.4) is 0 Å². The SMILES string of the molecule is CCCCCCCC(C)CCCCCCCCCCCCCC(=O)OC(CC(=O)O)C[N+](C)(C)C. The normalized spacial score (nSPS) is 13.5. The Morgan fingerprint density at radius 1 is 0.714 bits per heavy atom. The minimum atomic E-state index is -0.922. The zero-order valence-electron chi connectivity index (χ0n) is 24.1. The zero-order valence-corrected chi connectivity index (χ0v) is 24.1. The minimum Gasteiger partial charge on any atom is -0.481 e. The number of rotatable bonds is 25. The molecular formula is C30H60NO4+. The van der Waals surface area contributed by atoms with Gasteiger partial charge in [-0.1, -0.05) is 123 Å². The maximum absolute atomic E-state index is 12.1. The van der Waals surface area contributed by atoms with Crippen LogP contribution in [-0.4, -0.2) is 55.3 Å². The van der Waals surface area contributed by atoms with Crippen LogP contribution in [0.15, 0.2) is 0 Å². The second-order valence-electron chi connectivity index (χ2n) is 11.9. The fourth-order valence-corrected chi connectivity index (χ4v) is 4.79. The Labute approximate surface area is 218 Å². The highest BCUT2D eigenvalue weighted by atomic mass is 16.5. The largest absolute Gasteiger partial charge is 0.481 e. The van der Waals surface area contributed by atoms with Gasteiger partial charge in [0.1, 0.15) is 6.54 Å². The lowest BCUT2D eigenvalue weighted by Gasteiger charge is -2.28. The number of aliphatic carboxylic acids is 1. The van der Waals surface area contributed by atoms with E-state index >= 15 is 0 Å². The first-order valence-electron chi connectivity index (χ1n) is 14.9. The van der Waals surface area contributed by atoms with Gasteiger partial charge in [0.25, 0.3) is 0 Å². The van der Waals surface area contributed by atoms with Gasteiger partial charge in [0.2, 0.25) is 0 Å². The van der Waals surface area contributed by atoms with Gasteiger partial charge in [-0.25, -0.2) is 0 Å². The van der Waals surface area contributed by atoms with Crippen LogP contribution in [0.1, 0.15) is 142 Å². The van der Waals surface area contributed by atoms with Crippen LogP contribution in [0.5, 0.6) is 0 Å². The Bertz CT molecular complexity index is 515. The number of carbonyl (C=O) groups excluding carboxylic acids is 1. The summed E-state index contributed by atoms with van der Waals surface area (Å²) in [4.78, 5) is 23.1. The van der Waals surface area contributed by atoms with Gasteiger partial charge in [-0.05, 0) is 12.3 Å². The molecule has 0 aromatic rings. The smallest absolute Gasteiger partial charge is 0.307 e. The van der Waals surface area contributed by atoms with E-state index in [1.807, 2.05) is 21.1 Å². The lowest BCUT2D eigenvalue weighted by atomic mass is 9.96. The number of ether oxygens (including phenoxy) is 1. The maximum atomic E-state index is 12.1. The number of hydrogen-bond acceptors (Lipinski definition) is 3. The first-order chi connectivity index (χ1) is 16.6.